The van der Waals surface area contributed by atoms with E-state index in [1.165, 1.54) is 0 Å². The number of carbonyl (C=O) groups is 1. The molecule has 0 bridgehead atoms. The minimum Gasteiger partial charge on any atom is -0.485 e. The van der Waals surface area contributed by atoms with Crippen molar-refractivity contribution < 1.29 is 19.0 Å². The number of fused-ring (bicyclic) bond motifs is 1. The average Bonchev–Trinajstić information content (AvgIpc) is 3.00. The number of nitrogens with zero attached hydrogens (tertiary/aromatic N) is 4. The van der Waals surface area contributed by atoms with E-state index >= 15 is 0 Å². The number of rotatable bonds is 5. The Labute approximate surface area is 127 Å². The second kappa shape index (κ2) is 6.42. The van der Waals surface area contributed by atoms with Crippen LogP contribution in [0.15, 0.2) is 24.3 Å². The van der Waals surface area contributed by atoms with E-state index in [1.54, 1.807) is 16.8 Å². The fourth-order valence-electron chi connectivity index (χ4n) is 2.08. The number of benzene rings is 1. The number of carbonyl (C=O) groups excluding carboxylic acids is 1. The van der Waals surface area contributed by atoms with Crippen LogP contribution in [-0.2, 0) is 22.7 Å². The van der Waals surface area contributed by atoms with Gasteiger partial charge in [-0.05, 0) is 29.0 Å². The molecule has 22 heavy (non-hydrogen) atoms. The van der Waals surface area contributed by atoms with Gasteiger partial charge in [0.2, 0.25) is 6.10 Å². The van der Waals surface area contributed by atoms with Crippen LogP contribution >= 0.6 is 0 Å². The minimum atomic E-state index is -0.787. The first-order valence-electron chi connectivity index (χ1n) is 7.08. The summed E-state index contributed by atoms with van der Waals surface area (Å²) in [6, 6.07) is 7.19. The molecule has 1 aliphatic rings. The van der Waals surface area contributed by atoms with Crippen LogP contribution in [0.5, 0.6) is 11.5 Å². The molecular formula is C14H16N4O4. The van der Waals surface area contributed by atoms with Crippen molar-refractivity contribution in [2.45, 2.75) is 32.6 Å². The van der Waals surface area contributed by atoms with E-state index < -0.39 is 12.1 Å². The minimum absolute atomic E-state index is 0.00728. The third-order valence-electron chi connectivity index (χ3n) is 3.16. The van der Waals surface area contributed by atoms with E-state index in [0.717, 1.165) is 6.42 Å². The number of esters is 1. The molecule has 8 nitrogen and oxygen atoms in total. The van der Waals surface area contributed by atoms with Crippen molar-refractivity contribution >= 4 is 5.97 Å². The summed E-state index contributed by atoms with van der Waals surface area (Å²) >= 11 is 0. The zero-order chi connectivity index (χ0) is 15.4. The summed E-state index contributed by atoms with van der Waals surface area (Å²) < 4.78 is 17.9. The van der Waals surface area contributed by atoms with Gasteiger partial charge in [0, 0.05) is 6.54 Å². The second-order valence-electron chi connectivity index (χ2n) is 4.79. The Kier molecular flexibility index (Phi) is 4.17. The lowest BCUT2D eigenvalue weighted by Gasteiger charge is -2.24. The van der Waals surface area contributed by atoms with E-state index in [2.05, 4.69) is 15.5 Å². The van der Waals surface area contributed by atoms with E-state index in [1.807, 2.05) is 19.1 Å². The molecule has 2 aromatic rings. The summed E-state index contributed by atoms with van der Waals surface area (Å²) in [5.74, 6) is 1.16. The van der Waals surface area contributed by atoms with Crippen molar-refractivity contribution in [2.24, 2.45) is 0 Å². The van der Waals surface area contributed by atoms with Gasteiger partial charge >= 0.3 is 5.97 Å². The number of ether oxygens (including phenoxy) is 3. The van der Waals surface area contributed by atoms with Crippen molar-refractivity contribution in [1.82, 2.24) is 20.2 Å². The molecule has 0 unspecified atom stereocenters. The zero-order valence-electron chi connectivity index (χ0n) is 12.1. The van der Waals surface area contributed by atoms with Crippen LogP contribution < -0.4 is 9.47 Å². The molecule has 1 atom stereocenters. The summed E-state index contributed by atoms with van der Waals surface area (Å²) in [6.45, 7) is 2.82. The Hall–Kier alpha value is -2.64. The predicted molar refractivity (Wildman–Crippen MR) is 74.3 cm³/mol. The maximum Gasteiger partial charge on any atom is 0.351 e. The van der Waals surface area contributed by atoms with E-state index in [9.17, 15) is 4.79 Å². The molecule has 1 aromatic heterocycles. The number of hydrogen-bond donors (Lipinski definition) is 0. The molecule has 0 N–H and O–H groups in total. The molecule has 2 heterocycles. The predicted octanol–water partition coefficient (Wildman–Crippen LogP) is 0.966. The Morgan fingerprint density at radius 1 is 1.41 bits per heavy atom. The summed E-state index contributed by atoms with van der Waals surface area (Å²) in [6.07, 6.45) is 0.105. The van der Waals surface area contributed by atoms with E-state index in [0.29, 0.717) is 23.9 Å². The van der Waals surface area contributed by atoms with Crippen molar-refractivity contribution in [2.75, 3.05) is 6.61 Å². The molecule has 0 spiro atoms. The third-order valence-corrected chi connectivity index (χ3v) is 3.16. The Bertz CT molecular complexity index is 658. The average molecular weight is 304 g/mol. The van der Waals surface area contributed by atoms with Crippen molar-refractivity contribution in [1.29, 1.82) is 0 Å². The molecule has 1 aliphatic heterocycles. The SMILES string of the molecule is CCCn1nnnc1COC(=O)[C@H]1COc2ccccc2O1. The van der Waals surface area contributed by atoms with Crippen LogP contribution in [0.2, 0.25) is 0 Å². The van der Waals surface area contributed by atoms with Gasteiger partial charge in [-0.1, -0.05) is 19.1 Å². The lowest BCUT2D eigenvalue weighted by Crippen LogP contribution is -2.37. The van der Waals surface area contributed by atoms with Gasteiger partial charge in [0.15, 0.2) is 23.9 Å². The maximum absolute atomic E-state index is 12.1. The van der Waals surface area contributed by atoms with E-state index in [4.69, 9.17) is 14.2 Å². The van der Waals surface area contributed by atoms with Crippen LogP contribution in [0.4, 0.5) is 0 Å². The van der Waals surface area contributed by atoms with Crippen LogP contribution in [0, 0.1) is 0 Å². The number of aromatic nitrogens is 4. The van der Waals surface area contributed by atoms with Gasteiger partial charge in [-0.3, -0.25) is 0 Å². The van der Waals surface area contributed by atoms with Crippen LogP contribution in [-0.4, -0.2) is 38.9 Å². The Morgan fingerprint density at radius 3 is 3.05 bits per heavy atom. The monoisotopic (exact) mass is 304 g/mol. The first kappa shape index (κ1) is 14.3. The van der Waals surface area contributed by atoms with Gasteiger partial charge in [-0.25, -0.2) is 9.48 Å². The van der Waals surface area contributed by atoms with Gasteiger partial charge < -0.3 is 14.2 Å². The number of tetrazole rings is 1. The van der Waals surface area contributed by atoms with Crippen molar-refractivity contribution in [3.63, 3.8) is 0 Å². The first-order valence-corrected chi connectivity index (χ1v) is 7.08. The lowest BCUT2D eigenvalue weighted by molar-refractivity contribution is -0.156. The summed E-state index contributed by atoms with van der Waals surface area (Å²) in [7, 11) is 0. The van der Waals surface area contributed by atoms with Crippen LogP contribution in [0.3, 0.4) is 0 Å². The highest BCUT2D eigenvalue weighted by Crippen LogP contribution is 2.31. The highest BCUT2D eigenvalue weighted by atomic mass is 16.6. The first-order chi connectivity index (χ1) is 10.8. The molecule has 0 radical (unpaired) electrons. The molecule has 0 fully saturated rings. The lowest BCUT2D eigenvalue weighted by atomic mass is 10.2. The van der Waals surface area contributed by atoms with Crippen molar-refractivity contribution in [3.8, 4) is 11.5 Å². The number of para-hydroxylation sites is 2. The van der Waals surface area contributed by atoms with Gasteiger partial charge in [0.1, 0.15) is 6.61 Å². The maximum atomic E-state index is 12.1. The molecule has 116 valence electrons. The van der Waals surface area contributed by atoms with Gasteiger partial charge in [-0.2, -0.15) is 0 Å². The standard InChI is InChI=1S/C14H16N4O4/c1-2-7-18-13(15-16-17-18)9-21-14(19)12-8-20-10-5-3-4-6-11(10)22-12/h3-6,12H,2,7-9H2,1H3/t12-/m1/s1. The van der Waals surface area contributed by atoms with Gasteiger partial charge in [-0.15, -0.1) is 5.10 Å². The Balaban J connectivity index is 1.58. The summed E-state index contributed by atoms with van der Waals surface area (Å²) in [4.78, 5) is 12.1. The molecule has 1 aromatic carbocycles. The molecule has 0 saturated carbocycles. The Morgan fingerprint density at radius 2 is 2.23 bits per heavy atom. The molecule has 3 rings (SSSR count). The number of aryl methyl sites for hydroxylation is 1. The molecule has 0 amide bonds. The van der Waals surface area contributed by atoms with Gasteiger partial charge in [0.25, 0.3) is 0 Å². The highest BCUT2D eigenvalue weighted by Gasteiger charge is 2.29. The number of hydrogen-bond acceptors (Lipinski definition) is 7. The normalized spacial score (nSPS) is 16.3. The smallest absolute Gasteiger partial charge is 0.351 e. The fourth-order valence-corrected chi connectivity index (χ4v) is 2.08. The molecule has 0 saturated heterocycles. The topological polar surface area (TPSA) is 88.4 Å². The highest BCUT2D eigenvalue weighted by molar-refractivity contribution is 5.75. The summed E-state index contributed by atoms with van der Waals surface area (Å²) in [5.41, 5.74) is 0. The van der Waals surface area contributed by atoms with Crippen molar-refractivity contribution in [3.05, 3.63) is 30.1 Å². The fraction of sp³-hybridized carbons (Fsp3) is 0.429. The third kappa shape index (κ3) is 3.00. The van der Waals surface area contributed by atoms with E-state index in [-0.39, 0.29) is 13.2 Å². The largest absolute Gasteiger partial charge is 0.485 e. The van der Waals surface area contributed by atoms with Crippen LogP contribution in [0.1, 0.15) is 19.2 Å². The second-order valence-corrected chi connectivity index (χ2v) is 4.79. The van der Waals surface area contributed by atoms with Gasteiger partial charge in [0.05, 0.1) is 0 Å². The molecule has 8 heteroatoms. The van der Waals surface area contributed by atoms with Crippen LogP contribution in [0.25, 0.3) is 0 Å². The zero-order valence-corrected chi connectivity index (χ0v) is 12.1. The molecule has 0 aliphatic carbocycles. The molecular weight excluding hydrogens is 288 g/mol. The quantitative estimate of drug-likeness (QED) is 0.760. The summed E-state index contributed by atoms with van der Waals surface area (Å²) in [5, 5.41) is 11.3.